The van der Waals surface area contributed by atoms with Gasteiger partial charge in [0.1, 0.15) is 5.82 Å². The molecular weight excluding hydrogens is 219 g/mol. The molecule has 3 nitrogen and oxygen atoms in total. The molecule has 0 fully saturated rings. The Morgan fingerprint density at radius 3 is 2.71 bits per heavy atom. The Morgan fingerprint density at radius 1 is 1.35 bits per heavy atom. The number of hydrogen-bond donors (Lipinski definition) is 1. The molecule has 1 aromatic rings. The van der Waals surface area contributed by atoms with Gasteiger partial charge in [0.05, 0.1) is 6.61 Å². The van der Waals surface area contributed by atoms with E-state index in [1.807, 2.05) is 6.92 Å². The smallest absolute Gasteiger partial charge is 0.129 e. The van der Waals surface area contributed by atoms with E-state index in [9.17, 15) is 4.39 Å². The molecule has 0 heterocycles. The van der Waals surface area contributed by atoms with Crippen LogP contribution in [0.3, 0.4) is 0 Å². The lowest BCUT2D eigenvalue weighted by Gasteiger charge is -2.20. The second-order valence-corrected chi connectivity index (χ2v) is 3.92. The molecule has 0 aliphatic rings. The summed E-state index contributed by atoms with van der Waals surface area (Å²) in [6.45, 7) is 7.70. The Balaban J connectivity index is 2.54. The number of halogens is 1. The molecule has 96 valence electrons. The molecule has 0 aliphatic carbocycles. The highest BCUT2D eigenvalue weighted by Crippen LogP contribution is 2.13. The number of hydrogen-bond acceptors (Lipinski definition) is 3. The standard InChI is InChI=1S/C13H21FN2O/c1-3-16(7-8-17-4-2)10-11-5-6-12(15)9-13(11)14/h5-6,9H,3-4,7-8,10,15H2,1-2H3. The quantitative estimate of drug-likeness (QED) is 0.587. The number of nitrogens with two attached hydrogens (primary N) is 1. The second kappa shape index (κ2) is 7.25. The van der Waals surface area contributed by atoms with Gasteiger partial charge in [-0.3, -0.25) is 4.90 Å². The van der Waals surface area contributed by atoms with Crippen molar-refractivity contribution in [2.75, 3.05) is 32.0 Å². The fourth-order valence-electron chi connectivity index (χ4n) is 1.62. The van der Waals surface area contributed by atoms with Crippen molar-refractivity contribution in [2.45, 2.75) is 20.4 Å². The Labute approximate surface area is 102 Å². The molecule has 0 unspecified atom stereocenters. The van der Waals surface area contributed by atoms with Crippen LogP contribution >= 0.6 is 0 Å². The van der Waals surface area contributed by atoms with Gasteiger partial charge in [0, 0.05) is 30.9 Å². The highest BCUT2D eigenvalue weighted by atomic mass is 19.1. The van der Waals surface area contributed by atoms with E-state index in [0.717, 1.165) is 13.1 Å². The maximum atomic E-state index is 13.6. The molecule has 0 saturated carbocycles. The number of likely N-dealkylation sites (N-methyl/N-ethyl adjacent to an activating group) is 1. The fourth-order valence-corrected chi connectivity index (χ4v) is 1.62. The Kier molecular flexibility index (Phi) is 5.94. The summed E-state index contributed by atoms with van der Waals surface area (Å²) in [4.78, 5) is 2.14. The maximum Gasteiger partial charge on any atom is 0.129 e. The maximum absolute atomic E-state index is 13.6. The van der Waals surface area contributed by atoms with Crippen molar-refractivity contribution >= 4 is 5.69 Å². The predicted molar refractivity (Wildman–Crippen MR) is 68.3 cm³/mol. The van der Waals surface area contributed by atoms with Gasteiger partial charge < -0.3 is 10.5 Å². The van der Waals surface area contributed by atoms with E-state index in [1.165, 1.54) is 6.07 Å². The average Bonchev–Trinajstić information content (AvgIpc) is 2.31. The average molecular weight is 240 g/mol. The van der Waals surface area contributed by atoms with Gasteiger partial charge in [0.2, 0.25) is 0 Å². The van der Waals surface area contributed by atoms with Crippen molar-refractivity contribution in [2.24, 2.45) is 0 Å². The lowest BCUT2D eigenvalue weighted by atomic mass is 10.2. The Hall–Kier alpha value is -1.13. The van der Waals surface area contributed by atoms with E-state index in [4.69, 9.17) is 10.5 Å². The number of nitrogens with zero attached hydrogens (tertiary/aromatic N) is 1. The van der Waals surface area contributed by atoms with Gasteiger partial charge >= 0.3 is 0 Å². The van der Waals surface area contributed by atoms with Crippen molar-refractivity contribution < 1.29 is 9.13 Å². The van der Waals surface area contributed by atoms with Crippen LogP contribution in [0.25, 0.3) is 0 Å². The van der Waals surface area contributed by atoms with Gasteiger partial charge in [-0.2, -0.15) is 0 Å². The molecule has 17 heavy (non-hydrogen) atoms. The number of anilines is 1. The number of nitrogen functional groups attached to an aromatic ring is 1. The monoisotopic (exact) mass is 240 g/mol. The van der Waals surface area contributed by atoms with Crippen LogP contribution < -0.4 is 5.73 Å². The Bertz CT molecular complexity index is 344. The first-order valence-corrected chi connectivity index (χ1v) is 6.01. The summed E-state index contributed by atoms with van der Waals surface area (Å²) in [5.41, 5.74) is 6.66. The first-order chi connectivity index (χ1) is 8.17. The van der Waals surface area contributed by atoms with Crippen molar-refractivity contribution in [3.8, 4) is 0 Å². The predicted octanol–water partition coefficient (Wildman–Crippen LogP) is 2.27. The van der Waals surface area contributed by atoms with Gasteiger partial charge in [-0.1, -0.05) is 13.0 Å². The van der Waals surface area contributed by atoms with Crippen LogP contribution in [0.2, 0.25) is 0 Å². The number of benzene rings is 1. The van der Waals surface area contributed by atoms with Gasteiger partial charge in [0.25, 0.3) is 0 Å². The third kappa shape index (κ3) is 4.71. The molecule has 1 aromatic carbocycles. The molecular formula is C13H21FN2O. The molecule has 4 heteroatoms. The fraction of sp³-hybridized carbons (Fsp3) is 0.538. The van der Waals surface area contributed by atoms with Crippen molar-refractivity contribution in [1.82, 2.24) is 4.90 Å². The molecule has 0 saturated heterocycles. The third-order valence-corrected chi connectivity index (χ3v) is 2.67. The second-order valence-electron chi connectivity index (χ2n) is 3.92. The minimum atomic E-state index is -0.236. The van der Waals surface area contributed by atoms with Crippen LogP contribution in [0.15, 0.2) is 18.2 Å². The summed E-state index contributed by atoms with van der Waals surface area (Å²) in [5, 5.41) is 0. The Morgan fingerprint density at radius 2 is 2.12 bits per heavy atom. The largest absolute Gasteiger partial charge is 0.399 e. The summed E-state index contributed by atoms with van der Waals surface area (Å²) in [6.07, 6.45) is 0. The van der Waals surface area contributed by atoms with Crippen LogP contribution in [-0.2, 0) is 11.3 Å². The van der Waals surface area contributed by atoms with Crippen molar-refractivity contribution in [3.63, 3.8) is 0 Å². The SMILES string of the molecule is CCOCCN(CC)Cc1ccc(N)cc1F. The van der Waals surface area contributed by atoms with E-state index in [2.05, 4.69) is 11.8 Å². The highest BCUT2D eigenvalue weighted by molar-refractivity contribution is 5.40. The van der Waals surface area contributed by atoms with E-state index < -0.39 is 0 Å². The zero-order valence-corrected chi connectivity index (χ0v) is 10.6. The number of ether oxygens (including phenoxy) is 1. The van der Waals surface area contributed by atoms with Gasteiger partial charge in [0.15, 0.2) is 0 Å². The molecule has 0 bridgehead atoms. The normalized spacial score (nSPS) is 11.1. The minimum Gasteiger partial charge on any atom is -0.399 e. The van der Waals surface area contributed by atoms with E-state index in [0.29, 0.717) is 31.0 Å². The van der Waals surface area contributed by atoms with E-state index >= 15 is 0 Å². The molecule has 1 rings (SSSR count). The molecule has 0 spiro atoms. The zero-order valence-electron chi connectivity index (χ0n) is 10.6. The highest BCUT2D eigenvalue weighted by Gasteiger charge is 2.08. The van der Waals surface area contributed by atoms with Crippen LogP contribution in [0.4, 0.5) is 10.1 Å². The third-order valence-electron chi connectivity index (χ3n) is 2.67. The van der Waals surface area contributed by atoms with Crippen LogP contribution in [0.1, 0.15) is 19.4 Å². The summed E-state index contributed by atoms with van der Waals surface area (Å²) in [5.74, 6) is -0.236. The summed E-state index contributed by atoms with van der Waals surface area (Å²) in [7, 11) is 0. The number of rotatable bonds is 7. The molecule has 0 aliphatic heterocycles. The van der Waals surface area contributed by atoms with Crippen LogP contribution in [0, 0.1) is 5.82 Å². The minimum absolute atomic E-state index is 0.236. The lowest BCUT2D eigenvalue weighted by molar-refractivity contribution is 0.112. The molecule has 0 atom stereocenters. The summed E-state index contributed by atoms with van der Waals surface area (Å²) < 4.78 is 18.9. The first-order valence-electron chi connectivity index (χ1n) is 6.01. The van der Waals surface area contributed by atoms with E-state index in [-0.39, 0.29) is 5.82 Å². The van der Waals surface area contributed by atoms with E-state index in [1.54, 1.807) is 12.1 Å². The molecule has 0 radical (unpaired) electrons. The van der Waals surface area contributed by atoms with Crippen LogP contribution in [0.5, 0.6) is 0 Å². The van der Waals surface area contributed by atoms with Gasteiger partial charge in [-0.05, 0) is 25.6 Å². The molecule has 0 aromatic heterocycles. The molecule has 0 amide bonds. The first kappa shape index (κ1) is 13.9. The van der Waals surface area contributed by atoms with Crippen LogP contribution in [-0.4, -0.2) is 31.2 Å². The van der Waals surface area contributed by atoms with Crippen molar-refractivity contribution in [1.29, 1.82) is 0 Å². The van der Waals surface area contributed by atoms with Gasteiger partial charge in [-0.25, -0.2) is 4.39 Å². The molecule has 2 N–H and O–H groups in total. The van der Waals surface area contributed by atoms with Gasteiger partial charge in [-0.15, -0.1) is 0 Å². The topological polar surface area (TPSA) is 38.5 Å². The summed E-state index contributed by atoms with van der Waals surface area (Å²) in [6, 6.07) is 4.84. The lowest BCUT2D eigenvalue weighted by Crippen LogP contribution is -2.27. The summed E-state index contributed by atoms with van der Waals surface area (Å²) >= 11 is 0. The zero-order chi connectivity index (χ0) is 12.7. The van der Waals surface area contributed by atoms with Crippen molar-refractivity contribution in [3.05, 3.63) is 29.6 Å².